The van der Waals surface area contributed by atoms with Crippen molar-refractivity contribution in [2.45, 2.75) is 25.7 Å². The maximum atomic E-state index is 13.0. The Morgan fingerprint density at radius 1 is 1.20 bits per heavy atom. The van der Waals surface area contributed by atoms with Crippen molar-refractivity contribution in [1.29, 1.82) is 0 Å². The second-order valence-corrected chi connectivity index (χ2v) is 4.68. The van der Waals surface area contributed by atoms with Gasteiger partial charge in [0.2, 0.25) is 0 Å². The smallest absolute Gasteiger partial charge is 0.159 e. The van der Waals surface area contributed by atoms with Crippen molar-refractivity contribution in [3.8, 4) is 0 Å². The molecule has 1 aliphatic rings. The molecule has 0 nitrogen and oxygen atoms in total. The predicted octanol–water partition coefficient (Wildman–Crippen LogP) is 3.92. The average Bonchev–Trinajstić information content (AvgIpc) is 2.17. The maximum Gasteiger partial charge on any atom is 0.159 e. The summed E-state index contributed by atoms with van der Waals surface area (Å²) in [7, 11) is 0. The number of rotatable bonds is 3. The molecule has 0 aliphatic heterocycles. The molecule has 1 aliphatic carbocycles. The number of benzene rings is 1. The second-order valence-electron chi connectivity index (χ2n) is 4.41. The van der Waals surface area contributed by atoms with E-state index in [0.29, 0.717) is 5.88 Å². The normalized spacial score (nSPS) is 18.6. The summed E-state index contributed by atoms with van der Waals surface area (Å²) in [5, 5.41) is 0. The first kappa shape index (κ1) is 10.9. The van der Waals surface area contributed by atoms with Crippen LogP contribution in [-0.4, -0.2) is 5.88 Å². The van der Waals surface area contributed by atoms with E-state index in [2.05, 4.69) is 0 Å². The molecule has 82 valence electrons. The van der Waals surface area contributed by atoms with Crippen LogP contribution >= 0.6 is 11.6 Å². The highest BCUT2D eigenvalue weighted by Crippen LogP contribution is 2.44. The highest BCUT2D eigenvalue weighted by Gasteiger charge is 2.36. The van der Waals surface area contributed by atoms with Gasteiger partial charge in [-0.05, 0) is 42.4 Å². The van der Waals surface area contributed by atoms with Gasteiger partial charge in [-0.2, -0.15) is 0 Å². The van der Waals surface area contributed by atoms with Crippen LogP contribution in [0.3, 0.4) is 0 Å². The highest BCUT2D eigenvalue weighted by molar-refractivity contribution is 6.18. The Morgan fingerprint density at radius 2 is 1.93 bits per heavy atom. The van der Waals surface area contributed by atoms with Crippen LogP contribution in [0, 0.1) is 17.0 Å². The molecule has 1 aromatic rings. The van der Waals surface area contributed by atoms with Crippen LogP contribution in [0.4, 0.5) is 8.78 Å². The number of alkyl halides is 1. The summed E-state index contributed by atoms with van der Waals surface area (Å²) in [6.45, 7) is 0. The van der Waals surface area contributed by atoms with Crippen molar-refractivity contribution >= 4 is 11.6 Å². The number of hydrogen-bond acceptors (Lipinski definition) is 0. The topological polar surface area (TPSA) is 0 Å². The minimum Gasteiger partial charge on any atom is -0.204 e. The van der Waals surface area contributed by atoms with Crippen LogP contribution in [0.2, 0.25) is 0 Å². The van der Waals surface area contributed by atoms with Crippen LogP contribution in [0.5, 0.6) is 0 Å². The summed E-state index contributed by atoms with van der Waals surface area (Å²) >= 11 is 5.91. The van der Waals surface area contributed by atoms with Crippen molar-refractivity contribution in [2.75, 3.05) is 5.88 Å². The van der Waals surface area contributed by atoms with Gasteiger partial charge in [-0.15, -0.1) is 11.6 Å². The third kappa shape index (κ3) is 2.15. The van der Waals surface area contributed by atoms with Crippen molar-refractivity contribution < 1.29 is 8.78 Å². The van der Waals surface area contributed by atoms with Crippen molar-refractivity contribution in [3.05, 3.63) is 35.4 Å². The summed E-state index contributed by atoms with van der Waals surface area (Å²) in [6.07, 6.45) is 4.13. The van der Waals surface area contributed by atoms with E-state index in [-0.39, 0.29) is 5.41 Å². The summed E-state index contributed by atoms with van der Waals surface area (Å²) in [6, 6.07) is 4.11. The monoisotopic (exact) mass is 230 g/mol. The Bertz CT molecular complexity index is 353. The van der Waals surface area contributed by atoms with Gasteiger partial charge in [-0.1, -0.05) is 12.5 Å². The quantitative estimate of drug-likeness (QED) is 0.691. The van der Waals surface area contributed by atoms with E-state index in [4.69, 9.17) is 11.6 Å². The van der Waals surface area contributed by atoms with Gasteiger partial charge < -0.3 is 0 Å². The molecule has 1 saturated carbocycles. The summed E-state index contributed by atoms with van der Waals surface area (Å²) in [5.41, 5.74) is 0.973. The predicted molar refractivity (Wildman–Crippen MR) is 57.1 cm³/mol. The molecule has 0 atom stereocenters. The number of halogens is 3. The molecule has 15 heavy (non-hydrogen) atoms. The summed E-state index contributed by atoms with van der Waals surface area (Å²) < 4.78 is 25.7. The van der Waals surface area contributed by atoms with Crippen molar-refractivity contribution in [3.63, 3.8) is 0 Å². The first-order valence-electron chi connectivity index (χ1n) is 5.15. The zero-order valence-corrected chi connectivity index (χ0v) is 9.16. The number of hydrogen-bond donors (Lipinski definition) is 0. The van der Waals surface area contributed by atoms with Gasteiger partial charge >= 0.3 is 0 Å². The van der Waals surface area contributed by atoms with Gasteiger partial charge in [0.05, 0.1) is 0 Å². The Kier molecular flexibility index (Phi) is 2.96. The standard InChI is InChI=1S/C12H13ClF2/c13-8-12(4-1-5-12)7-9-2-3-10(14)11(15)6-9/h2-3,6H,1,4-5,7-8H2. The Hall–Kier alpha value is -0.630. The molecule has 0 unspecified atom stereocenters. The second kappa shape index (κ2) is 4.09. The van der Waals surface area contributed by atoms with E-state index in [1.165, 1.54) is 18.6 Å². The van der Waals surface area contributed by atoms with Crippen molar-refractivity contribution in [1.82, 2.24) is 0 Å². The lowest BCUT2D eigenvalue weighted by Gasteiger charge is -2.40. The molecule has 0 radical (unpaired) electrons. The first-order chi connectivity index (χ1) is 7.15. The van der Waals surface area contributed by atoms with Gasteiger partial charge in [-0.25, -0.2) is 8.78 Å². The van der Waals surface area contributed by atoms with E-state index in [1.54, 1.807) is 6.07 Å². The molecule has 3 heteroatoms. The lowest BCUT2D eigenvalue weighted by Crippen LogP contribution is -2.33. The minimum atomic E-state index is -0.785. The third-order valence-electron chi connectivity index (χ3n) is 3.26. The lowest BCUT2D eigenvalue weighted by atomic mass is 9.67. The van der Waals surface area contributed by atoms with E-state index in [9.17, 15) is 8.78 Å². The Balaban J connectivity index is 2.13. The highest BCUT2D eigenvalue weighted by atomic mass is 35.5. The lowest BCUT2D eigenvalue weighted by molar-refractivity contribution is 0.166. The van der Waals surface area contributed by atoms with Crippen molar-refractivity contribution in [2.24, 2.45) is 5.41 Å². The van der Waals surface area contributed by atoms with Gasteiger partial charge in [-0.3, -0.25) is 0 Å². The largest absolute Gasteiger partial charge is 0.204 e. The molecule has 0 spiro atoms. The van der Waals surface area contributed by atoms with Gasteiger partial charge in [0, 0.05) is 5.88 Å². The van der Waals surface area contributed by atoms with Crippen LogP contribution in [0.1, 0.15) is 24.8 Å². The Labute approximate surface area is 93.2 Å². The molecule has 0 saturated heterocycles. The molecule has 1 fully saturated rings. The molecule has 0 bridgehead atoms. The minimum absolute atomic E-state index is 0.131. The molecular weight excluding hydrogens is 218 g/mol. The first-order valence-corrected chi connectivity index (χ1v) is 5.69. The fraction of sp³-hybridized carbons (Fsp3) is 0.500. The van der Waals surface area contributed by atoms with Crippen LogP contribution in [0.25, 0.3) is 0 Å². The molecule has 0 heterocycles. The molecule has 0 N–H and O–H groups in total. The van der Waals surface area contributed by atoms with Crippen LogP contribution < -0.4 is 0 Å². The fourth-order valence-electron chi connectivity index (χ4n) is 2.12. The van der Waals surface area contributed by atoms with E-state index < -0.39 is 11.6 Å². The zero-order chi connectivity index (χ0) is 10.9. The van der Waals surface area contributed by atoms with Gasteiger partial charge in [0.1, 0.15) is 0 Å². The molecule has 0 aromatic heterocycles. The summed E-state index contributed by atoms with van der Waals surface area (Å²) in [4.78, 5) is 0. The van der Waals surface area contributed by atoms with Crippen LogP contribution in [0.15, 0.2) is 18.2 Å². The maximum absolute atomic E-state index is 13.0. The van der Waals surface area contributed by atoms with E-state index in [0.717, 1.165) is 24.8 Å². The molecule has 0 amide bonds. The molecule has 1 aromatic carbocycles. The molecular formula is C12H13ClF2. The fourth-order valence-corrected chi connectivity index (χ4v) is 2.48. The van der Waals surface area contributed by atoms with E-state index in [1.807, 2.05) is 0 Å². The van der Waals surface area contributed by atoms with Crippen LogP contribution in [-0.2, 0) is 6.42 Å². The summed E-state index contributed by atoms with van der Waals surface area (Å²) in [5.74, 6) is -0.949. The molecule has 2 rings (SSSR count). The van der Waals surface area contributed by atoms with Gasteiger partial charge in [0.15, 0.2) is 11.6 Å². The average molecular weight is 231 g/mol. The van der Waals surface area contributed by atoms with E-state index >= 15 is 0 Å². The Morgan fingerprint density at radius 3 is 2.40 bits per heavy atom. The van der Waals surface area contributed by atoms with Gasteiger partial charge in [0.25, 0.3) is 0 Å². The third-order valence-corrected chi connectivity index (χ3v) is 3.83. The zero-order valence-electron chi connectivity index (χ0n) is 8.40. The SMILES string of the molecule is Fc1ccc(CC2(CCl)CCC2)cc1F.